The monoisotopic (exact) mass is 336 g/mol. The van der Waals surface area contributed by atoms with E-state index in [9.17, 15) is 20.3 Å². The van der Waals surface area contributed by atoms with Crippen molar-refractivity contribution in [2.24, 2.45) is 0 Å². The van der Waals surface area contributed by atoms with Crippen molar-refractivity contribution in [3.8, 4) is 0 Å². The van der Waals surface area contributed by atoms with Crippen LogP contribution in [0.25, 0.3) is 0 Å². The molecule has 2 aromatic rings. The van der Waals surface area contributed by atoms with Gasteiger partial charge in [0.25, 0.3) is 5.69 Å². The number of nitrogens with one attached hydrogen (secondary N) is 1. The molecular weight excluding hydrogens is 320 g/mol. The van der Waals surface area contributed by atoms with Gasteiger partial charge in [-0.25, -0.2) is 0 Å². The molecule has 7 heteroatoms. The van der Waals surface area contributed by atoms with Crippen LogP contribution in [0.15, 0.2) is 48.5 Å². The van der Waals surface area contributed by atoms with E-state index in [2.05, 4.69) is 5.32 Å². The Balaban J connectivity index is 2.01. The SMILES string of the molecule is O=[N+]([O-])c1ccc(C(O)C(CO)NCc2ccc(Cl)cc2)cc1. The summed E-state index contributed by atoms with van der Waals surface area (Å²) in [5, 5.41) is 34.1. The molecule has 23 heavy (non-hydrogen) atoms. The van der Waals surface area contributed by atoms with Crippen LogP contribution in [0.5, 0.6) is 0 Å². The van der Waals surface area contributed by atoms with Gasteiger partial charge in [-0.05, 0) is 35.4 Å². The first-order valence-corrected chi connectivity index (χ1v) is 7.40. The predicted octanol–water partition coefficient (Wildman–Crippen LogP) is 2.43. The fourth-order valence-corrected chi connectivity index (χ4v) is 2.28. The number of nitrogens with zero attached hydrogens (tertiary/aromatic N) is 1. The minimum atomic E-state index is -0.979. The van der Waals surface area contributed by atoms with Crippen molar-refractivity contribution in [2.75, 3.05) is 6.61 Å². The largest absolute Gasteiger partial charge is 0.395 e. The summed E-state index contributed by atoms with van der Waals surface area (Å²) < 4.78 is 0. The number of halogens is 1. The summed E-state index contributed by atoms with van der Waals surface area (Å²) in [6.45, 7) is 0.179. The van der Waals surface area contributed by atoms with E-state index in [4.69, 9.17) is 11.6 Å². The second-order valence-corrected chi connectivity index (χ2v) is 5.53. The van der Waals surface area contributed by atoms with Crippen LogP contribution in [0.3, 0.4) is 0 Å². The van der Waals surface area contributed by atoms with Gasteiger partial charge in [0.1, 0.15) is 0 Å². The zero-order valence-corrected chi connectivity index (χ0v) is 13.0. The molecule has 2 atom stereocenters. The summed E-state index contributed by atoms with van der Waals surface area (Å²) in [6, 6.07) is 12.2. The molecule has 0 amide bonds. The van der Waals surface area contributed by atoms with Gasteiger partial charge < -0.3 is 15.5 Å². The quantitative estimate of drug-likeness (QED) is 0.533. The number of benzene rings is 2. The molecular formula is C16H17ClN2O4. The van der Waals surface area contributed by atoms with Crippen LogP contribution in [0.4, 0.5) is 5.69 Å². The first-order chi connectivity index (χ1) is 11.0. The maximum absolute atomic E-state index is 10.6. The van der Waals surface area contributed by atoms with Gasteiger partial charge in [-0.3, -0.25) is 10.1 Å². The normalized spacial score (nSPS) is 13.5. The molecule has 2 unspecified atom stereocenters. The van der Waals surface area contributed by atoms with E-state index in [0.29, 0.717) is 17.1 Å². The zero-order valence-electron chi connectivity index (χ0n) is 12.2. The Morgan fingerprint density at radius 1 is 1.13 bits per heavy atom. The van der Waals surface area contributed by atoms with E-state index >= 15 is 0 Å². The van der Waals surface area contributed by atoms with Crippen molar-refractivity contribution in [1.82, 2.24) is 5.32 Å². The Bertz CT molecular complexity index is 646. The molecule has 0 radical (unpaired) electrons. The van der Waals surface area contributed by atoms with Gasteiger partial charge in [-0.2, -0.15) is 0 Å². The lowest BCUT2D eigenvalue weighted by atomic mass is 10.0. The van der Waals surface area contributed by atoms with Crippen LogP contribution in [-0.4, -0.2) is 27.8 Å². The lowest BCUT2D eigenvalue weighted by Gasteiger charge is -2.22. The number of aliphatic hydroxyl groups is 2. The average molecular weight is 337 g/mol. The summed E-state index contributed by atoms with van der Waals surface area (Å²) in [5.41, 5.74) is 1.41. The second-order valence-electron chi connectivity index (χ2n) is 5.09. The number of nitro benzene ring substituents is 1. The molecule has 2 aromatic carbocycles. The lowest BCUT2D eigenvalue weighted by molar-refractivity contribution is -0.384. The van der Waals surface area contributed by atoms with Gasteiger partial charge in [-0.1, -0.05) is 23.7 Å². The van der Waals surface area contributed by atoms with Crippen molar-refractivity contribution in [2.45, 2.75) is 18.7 Å². The van der Waals surface area contributed by atoms with E-state index in [1.54, 1.807) is 12.1 Å². The van der Waals surface area contributed by atoms with Gasteiger partial charge in [0.15, 0.2) is 0 Å². The highest BCUT2D eigenvalue weighted by Gasteiger charge is 2.20. The summed E-state index contributed by atoms with van der Waals surface area (Å²) in [7, 11) is 0. The van der Waals surface area contributed by atoms with Gasteiger partial charge in [0.05, 0.1) is 23.7 Å². The minimum absolute atomic E-state index is 0.0457. The summed E-state index contributed by atoms with van der Waals surface area (Å²) in [5.74, 6) is 0. The maximum atomic E-state index is 10.6. The number of non-ortho nitro benzene ring substituents is 1. The van der Waals surface area contributed by atoms with Crippen molar-refractivity contribution < 1.29 is 15.1 Å². The molecule has 0 aromatic heterocycles. The Labute approximate surface area is 138 Å². The van der Waals surface area contributed by atoms with Gasteiger partial charge in [0, 0.05) is 23.7 Å². The Kier molecular flexibility index (Phi) is 6.06. The zero-order chi connectivity index (χ0) is 16.8. The number of hydrogen-bond acceptors (Lipinski definition) is 5. The van der Waals surface area contributed by atoms with Gasteiger partial charge in [0.2, 0.25) is 0 Å². The summed E-state index contributed by atoms with van der Waals surface area (Å²) in [4.78, 5) is 10.1. The smallest absolute Gasteiger partial charge is 0.269 e. The topological polar surface area (TPSA) is 95.6 Å². The second kappa shape index (κ2) is 8.03. The minimum Gasteiger partial charge on any atom is -0.395 e. The van der Waals surface area contributed by atoms with Crippen LogP contribution in [0, 0.1) is 10.1 Å². The molecule has 0 aliphatic heterocycles. The Morgan fingerprint density at radius 2 is 1.74 bits per heavy atom. The number of nitro groups is 1. The van der Waals surface area contributed by atoms with E-state index in [-0.39, 0.29) is 12.3 Å². The van der Waals surface area contributed by atoms with E-state index in [1.807, 2.05) is 12.1 Å². The molecule has 0 fully saturated rings. The highest BCUT2D eigenvalue weighted by molar-refractivity contribution is 6.30. The molecule has 0 spiro atoms. The fourth-order valence-electron chi connectivity index (χ4n) is 2.15. The van der Waals surface area contributed by atoms with Crippen LogP contribution in [0.2, 0.25) is 5.02 Å². The van der Waals surface area contributed by atoms with Crippen molar-refractivity contribution >= 4 is 17.3 Å². The highest BCUT2D eigenvalue weighted by Crippen LogP contribution is 2.20. The molecule has 0 saturated heterocycles. The molecule has 6 nitrogen and oxygen atoms in total. The van der Waals surface area contributed by atoms with Crippen LogP contribution in [0.1, 0.15) is 17.2 Å². The van der Waals surface area contributed by atoms with E-state index in [0.717, 1.165) is 5.56 Å². The van der Waals surface area contributed by atoms with Crippen LogP contribution < -0.4 is 5.32 Å². The number of hydrogen-bond donors (Lipinski definition) is 3. The Hall–Kier alpha value is -1.99. The molecule has 0 saturated carbocycles. The summed E-state index contributed by atoms with van der Waals surface area (Å²) in [6.07, 6.45) is -0.979. The Morgan fingerprint density at radius 3 is 2.26 bits per heavy atom. The van der Waals surface area contributed by atoms with E-state index in [1.165, 1.54) is 24.3 Å². The van der Waals surface area contributed by atoms with Gasteiger partial charge in [-0.15, -0.1) is 0 Å². The molecule has 2 rings (SSSR count). The van der Waals surface area contributed by atoms with Crippen molar-refractivity contribution in [1.29, 1.82) is 0 Å². The first-order valence-electron chi connectivity index (χ1n) is 7.02. The molecule has 0 aliphatic rings. The molecule has 0 heterocycles. The van der Waals surface area contributed by atoms with Crippen molar-refractivity contribution in [3.63, 3.8) is 0 Å². The standard InChI is InChI=1S/C16H17ClN2O4/c17-13-5-1-11(2-6-13)9-18-15(10-20)16(21)12-3-7-14(8-4-12)19(22)23/h1-8,15-16,18,20-21H,9-10H2. The number of rotatable bonds is 7. The fraction of sp³-hybridized carbons (Fsp3) is 0.250. The number of aliphatic hydroxyl groups excluding tert-OH is 2. The highest BCUT2D eigenvalue weighted by atomic mass is 35.5. The third kappa shape index (κ3) is 4.74. The molecule has 0 aliphatic carbocycles. The van der Waals surface area contributed by atoms with Crippen molar-refractivity contribution in [3.05, 3.63) is 74.8 Å². The lowest BCUT2D eigenvalue weighted by Crippen LogP contribution is -2.37. The maximum Gasteiger partial charge on any atom is 0.269 e. The third-order valence-electron chi connectivity index (χ3n) is 3.50. The predicted molar refractivity (Wildman–Crippen MR) is 87.2 cm³/mol. The first kappa shape index (κ1) is 17.4. The van der Waals surface area contributed by atoms with E-state index < -0.39 is 17.1 Å². The third-order valence-corrected chi connectivity index (χ3v) is 3.76. The van der Waals surface area contributed by atoms with Crippen LogP contribution in [-0.2, 0) is 6.54 Å². The molecule has 122 valence electrons. The molecule has 0 bridgehead atoms. The summed E-state index contributed by atoms with van der Waals surface area (Å²) >= 11 is 5.82. The molecule has 3 N–H and O–H groups in total. The van der Waals surface area contributed by atoms with Gasteiger partial charge >= 0.3 is 0 Å². The van der Waals surface area contributed by atoms with Crippen LogP contribution >= 0.6 is 11.6 Å². The average Bonchev–Trinajstić information content (AvgIpc) is 2.57.